The maximum atomic E-state index is 14.1. The van der Waals surface area contributed by atoms with Crippen LogP contribution in [-0.4, -0.2) is 51.0 Å². The number of halogens is 5. The van der Waals surface area contributed by atoms with Gasteiger partial charge in [0.15, 0.2) is 18.4 Å². The Morgan fingerprint density at radius 3 is 2.58 bits per heavy atom. The lowest BCUT2D eigenvalue weighted by Crippen LogP contribution is -2.40. The molecule has 2 aromatic heterocycles. The highest BCUT2D eigenvalue weighted by molar-refractivity contribution is 7.10. The Hall–Kier alpha value is -3.55. The van der Waals surface area contributed by atoms with Gasteiger partial charge in [0, 0.05) is 43.9 Å². The van der Waals surface area contributed by atoms with Crippen molar-refractivity contribution in [2.24, 2.45) is 12.2 Å². The number of rotatable bonds is 6. The predicted molar refractivity (Wildman–Crippen MR) is 126 cm³/mol. The van der Waals surface area contributed by atoms with Gasteiger partial charge in [0.2, 0.25) is 5.88 Å². The molecule has 38 heavy (non-hydrogen) atoms. The first kappa shape index (κ1) is 26.1. The maximum absolute atomic E-state index is 14.1. The van der Waals surface area contributed by atoms with Gasteiger partial charge < -0.3 is 14.5 Å². The molecule has 1 amide bonds. The van der Waals surface area contributed by atoms with Crippen LogP contribution in [0.4, 0.5) is 22.0 Å². The van der Waals surface area contributed by atoms with Gasteiger partial charge in [-0.3, -0.25) is 4.79 Å². The number of hydrogen-bond acceptors (Lipinski definition) is 7. The van der Waals surface area contributed by atoms with E-state index in [1.165, 1.54) is 36.6 Å². The summed E-state index contributed by atoms with van der Waals surface area (Å²) < 4.78 is 72.8. The van der Waals surface area contributed by atoms with Gasteiger partial charge in [-0.05, 0) is 25.0 Å². The van der Waals surface area contributed by atoms with E-state index in [9.17, 15) is 26.7 Å². The van der Waals surface area contributed by atoms with Crippen molar-refractivity contribution in [1.29, 1.82) is 0 Å². The number of nitrogens with zero attached hydrogens (tertiary/aromatic N) is 5. The first-order valence-electron chi connectivity index (χ1n) is 11.7. The molecule has 0 aliphatic carbocycles. The Bertz CT molecular complexity index is 1340. The Morgan fingerprint density at radius 1 is 1.21 bits per heavy atom. The van der Waals surface area contributed by atoms with E-state index in [1.54, 1.807) is 4.90 Å². The second-order valence-corrected chi connectivity index (χ2v) is 9.87. The fourth-order valence-electron chi connectivity index (χ4n) is 4.44. The molecule has 2 aliphatic rings. The Kier molecular flexibility index (Phi) is 7.07. The first-order valence-corrected chi connectivity index (χ1v) is 12.6. The number of aryl methyl sites for hydroxylation is 1. The van der Waals surface area contributed by atoms with Crippen molar-refractivity contribution in [2.45, 2.75) is 37.5 Å². The van der Waals surface area contributed by atoms with Crippen LogP contribution in [-0.2, 0) is 22.9 Å². The summed E-state index contributed by atoms with van der Waals surface area (Å²) in [6, 6.07) is 4.39. The number of benzene rings is 1. The highest BCUT2D eigenvalue weighted by atomic mass is 32.1. The van der Waals surface area contributed by atoms with E-state index in [0.717, 1.165) is 15.8 Å². The van der Waals surface area contributed by atoms with E-state index in [2.05, 4.69) is 15.2 Å². The number of oxime groups is 1. The Morgan fingerprint density at radius 2 is 1.92 bits per heavy atom. The van der Waals surface area contributed by atoms with Gasteiger partial charge in [-0.1, -0.05) is 11.2 Å². The van der Waals surface area contributed by atoms with E-state index in [4.69, 9.17) is 9.57 Å². The number of alkyl halides is 3. The van der Waals surface area contributed by atoms with Crippen LogP contribution in [0.25, 0.3) is 0 Å². The van der Waals surface area contributed by atoms with Crippen molar-refractivity contribution in [2.75, 3.05) is 19.7 Å². The zero-order valence-corrected chi connectivity index (χ0v) is 20.9. The highest BCUT2D eigenvalue weighted by Gasteiger charge is 2.35. The number of thiazole rings is 1. The number of likely N-dealkylation sites (tertiary alicyclic amines) is 1. The smallest absolute Gasteiger partial charge is 0.435 e. The average molecular weight is 556 g/mol. The molecule has 5 rings (SSSR count). The fraction of sp³-hybridized carbons (Fsp3) is 0.417. The first-order chi connectivity index (χ1) is 18.1. The Balaban J connectivity index is 1.13. The molecule has 0 bridgehead atoms. The van der Waals surface area contributed by atoms with Crippen molar-refractivity contribution in [3.8, 4) is 5.88 Å². The van der Waals surface area contributed by atoms with Crippen LogP contribution < -0.4 is 4.74 Å². The molecule has 3 aromatic rings. The third-order valence-corrected chi connectivity index (χ3v) is 7.48. The number of hydrogen-bond donors (Lipinski definition) is 0. The molecular weight excluding hydrogens is 533 g/mol. The van der Waals surface area contributed by atoms with E-state index >= 15 is 0 Å². The lowest BCUT2D eigenvalue weighted by Gasteiger charge is -2.31. The number of carbonyl (C=O) groups is 1. The predicted octanol–water partition coefficient (Wildman–Crippen LogP) is 4.82. The Labute approximate surface area is 217 Å². The summed E-state index contributed by atoms with van der Waals surface area (Å²) in [5, 5.41) is 10.0. The van der Waals surface area contributed by atoms with Crippen molar-refractivity contribution in [1.82, 2.24) is 19.7 Å². The molecule has 1 aromatic carbocycles. The number of amides is 1. The molecule has 0 spiro atoms. The van der Waals surface area contributed by atoms with Crippen LogP contribution in [0.3, 0.4) is 0 Å². The highest BCUT2D eigenvalue weighted by Crippen LogP contribution is 2.35. The molecule has 1 atom stereocenters. The monoisotopic (exact) mass is 555 g/mol. The number of piperidine rings is 1. The van der Waals surface area contributed by atoms with Gasteiger partial charge in [-0.2, -0.15) is 18.3 Å². The molecule has 1 saturated heterocycles. The molecule has 4 heterocycles. The third kappa shape index (κ3) is 5.35. The van der Waals surface area contributed by atoms with Crippen LogP contribution in [0.5, 0.6) is 5.88 Å². The summed E-state index contributed by atoms with van der Waals surface area (Å²) in [6.07, 6.45) is -3.98. The van der Waals surface area contributed by atoms with E-state index in [1.807, 2.05) is 5.38 Å². The molecular formula is C24H22F5N5O3S. The van der Waals surface area contributed by atoms with Crippen molar-refractivity contribution < 1.29 is 36.3 Å². The molecule has 0 N–H and O–H groups in total. The molecule has 0 saturated carbocycles. The SMILES string of the molecule is Cn1nc(C(F)(F)F)cc1OCC(=O)N1CCC(c2nc(C3=NOC(c4c(F)cccc4F)C3)cs2)CC1. The zero-order chi connectivity index (χ0) is 27.0. The van der Waals surface area contributed by atoms with Crippen LogP contribution in [0.1, 0.15) is 53.2 Å². The van der Waals surface area contributed by atoms with E-state index < -0.39 is 36.2 Å². The summed E-state index contributed by atoms with van der Waals surface area (Å²) in [5.41, 5.74) is -0.151. The number of carbonyl (C=O) groups excluding carboxylic acids is 1. The third-order valence-electron chi connectivity index (χ3n) is 6.48. The van der Waals surface area contributed by atoms with Gasteiger partial charge >= 0.3 is 6.18 Å². The van der Waals surface area contributed by atoms with Crippen LogP contribution in [0.15, 0.2) is 34.8 Å². The summed E-state index contributed by atoms with van der Waals surface area (Å²) in [5.74, 6) is -1.75. The van der Waals surface area contributed by atoms with Crippen molar-refractivity contribution in [3.05, 3.63) is 63.2 Å². The second kappa shape index (κ2) is 10.3. The lowest BCUT2D eigenvalue weighted by atomic mass is 9.97. The topological polar surface area (TPSA) is 81.8 Å². The largest absolute Gasteiger partial charge is 0.468 e. The minimum Gasteiger partial charge on any atom is -0.468 e. The maximum Gasteiger partial charge on any atom is 0.435 e. The van der Waals surface area contributed by atoms with Gasteiger partial charge in [0.1, 0.15) is 17.3 Å². The summed E-state index contributed by atoms with van der Waals surface area (Å²) in [7, 11) is 1.31. The van der Waals surface area contributed by atoms with Crippen LogP contribution in [0.2, 0.25) is 0 Å². The average Bonchev–Trinajstić information content (AvgIpc) is 3.62. The van der Waals surface area contributed by atoms with Gasteiger partial charge in [-0.25, -0.2) is 18.4 Å². The molecule has 14 heteroatoms. The van der Waals surface area contributed by atoms with Gasteiger partial charge in [0.05, 0.1) is 16.3 Å². The number of aromatic nitrogens is 3. The van der Waals surface area contributed by atoms with Crippen LogP contribution in [0, 0.1) is 11.6 Å². The lowest BCUT2D eigenvalue weighted by molar-refractivity contribution is -0.141. The summed E-state index contributed by atoms with van der Waals surface area (Å²) >= 11 is 1.44. The molecule has 202 valence electrons. The van der Waals surface area contributed by atoms with Gasteiger partial charge in [0.25, 0.3) is 5.91 Å². The zero-order valence-electron chi connectivity index (χ0n) is 20.0. The summed E-state index contributed by atoms with van der Waals surface area (Å²) in [4.78, 5) is 24.1. The molecule has 1 fully saturated rings. The van der Waals surface area contributed by atoms with Crippen molar-refractivity contribution in [3.63, 3.8) is 0 Å². The number of ether oxygens (including phenoxy) is 1. The van der Waals surface area contributed by atoms with E-state index in [0.29, 0.717) is 37.3 Å². The molecule has 1 unspecified atom stereocenters. The second-order valence-electron chi connectivity index (χ2n) is 8.98. The molecule has 2 aliphatic heterocycles. The molecule has 8 nitrogen and oxygen atoms in total. The summed E-state index contributed by atoms with van der Waals surface area (Å²) in [6.45, 7) is 0.492. The molecule has 0 radical (unpaired) electrons. The van der Waals surface area contributed by atoms with Crippen LogP contribution >= 0.6 is 11.3 Å². The minimum absolute atomic E-state index is 0.105. The van der Waals surface area contributed by atoms with Crippen molar-refractivity contribution >= 4 is 23.0 Å². The minimum atomic E-state index is -4.60. The van der Waals surface area contributed by atoms with E-state index in [-0.39, 0.29) is 29.7 Å². The normalized spacial score (nSPS) is 18.4. The standard InChI is InChI=1S/C24H22F5N5O3S/c1-33-21(10-19(31-33)24(27,28)29)36-11-20(35)34-7-5-13(6-8-34)23-30-17(12-38-23)16-9-18(37-32-16)22-14(25)3-2-4-15(22)26/h2-4,10,12-13,18H,5-9,11H2,1H3. The fourth-order valence-corrected chi connectivity index (χ4v) is 5.44. The quantitative estimate of drug-likeness (QED) is 0.408. The van der Waals surface area contributed by atoms with Gasteiger partial charge in [-0.15, -0.1) is 11.3 Å².